The highest BCUT2D eigenvalue weighted by Gasteiger charge is 2.06. The molecule has 0 heterocycles. The first-order valence-corrected chi connectivity index (χ1v) is 4.95. The average Bonchev–Trinajstić information content (AvgIpc) is 2.26. The molecule has 4 heteroatoms. The Bertz CT molecular complexity index is 340. The number of Topliss-reactive ketones (excluding diaryl/α,β-unsaturated/α-hetero) is 1. The summed E-state index contributed by atoms with van der Waals surface area (Å²) in [7, 11) is 5.52. The molecule has 0 N–H and O–H groups in total. The number of carbonyl (C=O) groups is 1. The Kier molecular flexibility index (Phi) is 7.01. The summed E-state index contributed by atoms with van der Waals surface area (Å²) in [5.74, 6) is 0.883. The lowest BCUT2D eigenvalue weighted by Crippen LogP contribution is -2.16. The van der Waals surface area contributed by atoms with E-state index in [0.29, 0.717) is 6.42 Å². The summed E-state index contributed by atoms with van der Waals surface area (Å²) in [4.78, 5) is 13.7. The van der Waals surface area contributed by atoms with E-state index in [2.05, 4.69) is 0 Å². The van der Waals surface area contributed by atoms with E-state index in [9.17, 15) is 4.79 Å². The minimum absolute atomic E-state index is 0. The van der Waals surface area contributed by atoms with Crippen LogP contribution in [0.15, 0.2) is 24.3 Å². The van der Waals surface area contributed by atoms with Crippen LogP contribution in [0.4, 0.5) is 0 Å². The zero-order chi connectivity index (χ0) is 11.3. The molecule has 0 fully saturated rings. The predicted molar refractivity (Wildman–Crippen MR) is 70.8 cm³/mol. The number of carbonyl (C=O) groups excluding carboxylic acids is 1. The minimum Gasteiger partial charge on any atom is -0.497 e. The van der Waals surface area contributed by atoms with Gasteiger partial charge in [-0.1, -0.05) is 12.1 Å². The second-order valence-corrected chi connectivity index (χ2v) is 3.71. The first-order valence-electron chi connectivity index (χ1n) is 4.95. The van der Waals surface area contributed by atoms with E-state index in [-0.39, 0.29) is 22.8 Å². The lowest BCUT2D eigenvalue weighted by molar-refractivity contribution is 0.0972. The van der Waals surface area contributed by atoms with Crippen molar-refractivity contribution < 1.29 is 9.53 Å². The van der Waals surface area contributed by atoms with Crippen molar-refractivity contribution in [3.63, 3.8) is 0 Å². The quantitative estimate of drug-likeness (QED) is 0.779. The highest BCUT2D eigenvalue weighted by molar-refractivity contribution is 8.93. The molecule has 0 bridgehead atoms. The van der Waals surface area contributed by atoms with Crippen LogP contribution in [0, 0.1) is 0 Å². The van der Waals surface area contributed by atoms with E-state index >= 15 is 0 Å². The van der Waals surface area contributed by atoms with Gasteiger partial charge in [-0.15, -0.1) is 17.0 Å². The number of ketones is 1. The molecule has 1 aromatic rings. The number of nitrogens with zero attached hydrogens (tertiary/aromatic N) is 1. The highest BCUT2D eigenvalue weighted by atomic mass is 79.9. The lowest BCUT2D eigenvalue weighted by atomic mass is 10.1. The van der Waals surface area contributed by atoms with Crippen LogP contribution in [0.5, 0.6) is 5.75 Å². The van der Waals surface area contributed by atoms with Crippen molar-refractivity contribution in [2.75, 3.05) is 27.7 Å². The Morgan fingerprint density at radius 3 is 2.62 bits per heavy atom. The van der Waals surface area contributed by atoms with Crippen LogP contribution >= 0.6 is 17.0 Å². The van der Waals surface area contributed by atoms with Gasteiger partial charge in [-0.2, -0.15) is 0 Å². The van der Waals surface area contributed by atoms with Crippen LogP contribution in [0.25, 0.3) is 0 Å². The van der Waals surface area contributed by atoms with Crippen molar-refractivity contribution in [2.45, 2.75) is 6.42 Å². The van der Waals surface area contributed by atoms with Gasteiger partial charge in [-0.25, -0.2) is 0 Å². The molecule has 0 aliphatic carbocycles. The normalized spacial score (nSPS) is 9.75. The summed E-state index contributed by atoms with van der Waals surface area (Å²) in [6, 6.07) is 7.27. The third kappa shape index (κ3) is 4.77. The van der Waals surface area contributed by atoms with Crippen LogP contribution in [0.3, 0.4) is 0 Å². The average molecular weight is 288 g/mol. The van der Waals surface area contributed by atoms with E-state index < -0.39 is 0 Å². The molecule has 0 spiro atoms. The maximum Gasteiger partial charge on any atom is 0.164 e. The topological polar surface area (TPSA) is 29.5 Å². The Morgan fingerprint density at radius 2 is 2.06 bits per heavy atom. The number of ether oxygens (including phenoxy) is 1. The SMILES string of the molecule is Br.COc1cccc(C(=O)CCN(C)C)c1. The fraction of sp³-hybridized carbons (Fsp3) is 0.417. The van der Waals surface area contributed by atoms with Gasteiger partial charge in [-0.05, 0) is 26.2 Å². The van der Waals surface area contributed by atoms with Crippen LogP contribution in [-0.4, -0.2) is 38.4 Å². The predicted octanol–water partition coefficient (Wildman–Crippen LogP) is 2.41. The van der Waals surface area contributed by atoms with Gasteiger partial charge in [0.1, 0.15) is 5.75 Å². The third-order valence-electron chi connectivity index (χ3n) is 2.18. The van der Waals surface area contributed by atoms with Gasteiger partial charge in [-0.3, -0.25) is 4.79 Å². The molecule has 0 saturated carbocycles. The van der Waals surface area contributed by atoms with Crippen molar-refractivity contribution >= 4 is 22.8 Å². The number of hydrogen-bond acceptors (Lipinski definition) is 3. The molecule has 3 nitrogen and oxygen atoms in total. The van der Waals surface area contributed by atoms with Gasteiger partial charge >= 0.3 is 0 Å². The molecular formula is C12H18BrNO2. The first-order chi connectivity index (χ1) is 7.13. The monoisotopic (exact) mass is 287 g/mol. The summed E-state index contributed by atoms with van der Waals surface area (Å²) in [5.41, 5.74) is 0.719. The number of hydrogen-bond donors (Lipinski definition) is 0. The number of rotatable bonds is 5. The number of methoxy groups -OCH3 is 1. The van der Waals surface area contributed by atoms with E-state index in [1.165, 1.54) is 0 Å². The molecule has 1 aromatic carbocycles. The van der Waals surface area contributed by atoms with E-state index in [4.69, 9.17) is 4.74 Å². The molecule has 0 aromatic heterocycles. The summed E-state index contributed by atoms with van der Waals surface area (Å²) in [6.45, 7) is 0.774. The molecule has 1 rings (SSSR count). The highest BCUT2D eigenvalue weighted by Crippen LogP contribution is 2.13. The van der Waals surface area contributed by atoms with Gasteiger partial charge in [0.25, 0.3) is 0 Å². The third-order valence-corrected chi connectivity index (χ3v) is 2.18. The van der Waals surface area contributed by atoms with E-state index in [1.54, 1.807) is 13.2 Å². The zero-order valence-electron chi connectivity index (χ0n) is 9.90. The van der Waals surface area contributed by atoms with Crippen LogP contribution < -0.4 is 4.74 Å². The van der Waals surface area contributed by atoms with Gasteiger partial charge in [0.2, 0.25) is 0 Å². The van der Waals surface area contributed by atoms with Gasteiger partial charge < -0.3 is 9.64 Å². The fourth-order valence-corrected chi connectivity index (χ4v) is 1.27. The number of benzene rings is 1. The molecule has 0 amide bonds. The van der Waals surface area contributed by atoms with Gasteiger partial charge in [0, 0.05) is 18.5 Å². The Balaban J connectivity index is 0.00000225. The van der Waals surface area contributed by atoms with Crippen molar-refractivity contribution in [2.24, 2.45) is 0 Å². The molecular weight excluding hydrogens is 270 g/mol. The first kappa shape index (κ1) is 15.1. The zero-order valence-corrected chi connectivity index (χ0v) is 11.6. The molecule has 0 aliphatic rings. The van der Waals surface area contributed by atoms with Gasteiger partial charge in [0.15, 0.2) is 5.78 Å². The smallest absolute Gasteiger partial charge is 0.164 e. The maximum atomic E-state index is 11.7. The van der Waals surface area contributed by atoms with Crippen molar-refractivity contribution in [3.05, 3.63) is 29.8 Å². The minimum atomic E-state index is 0. The van der Waals surface area contributed by atoms with E-state index in [1.807, 2.05) is 37.2 Å². The molecule has 0 saturated heterocycles. The molecule has 0 radical (unpaired) electrons. The van der Waals surface area contributed by atoms with Crippen molar-refractivity contribution in [1.29, 1.82) is 0 Å². The Morgan fingerprint density at radius 1 is 1.38 bits per heavy atom. The standard InChI is InChI=1S/C12H17NO2.BrH/c1-13(2)8-7-12(14)10-5-4-6-11(9-10)15-3;/h4-6,9H,7-8H2,1-3H3;1H. The second kappa shape index (κ2) is 7.41. The summed E-state index contributed by atoms with van der Waals surface area (Å²) >= 11 is 0. The molecule has 0 atom stereocenters. The molecule has 0 unspecified atom stereocenters. The van der Waals surface area contributed by atoms with Crippen LogP contribution in [0.1, 0.15) is 16.8 Å². The Labute approximate surface area is 107 Å². The molecule has 90 valence electrons. The van der Waals surface area contributed by atoms with Crippen molar-refractivity contribution in [1.82, 2.24) is 4.90 Å². The van der Waals surface area contributed by atoms with E-state index in [0.717, 1.165) is 17.9 Å². The Hall–Kier alpha value is -0.870. The summed E-state index contributed by atoms with van der Waals surface area (Å²) < 4.78 is 5.07. The second-order valence-electron chi connectivity index (χ2n) is 3.71. The maximum absolute atomic E-state index is 11.7. The summed E-state index contributed by atoms with van der Waals surface area (Å²) in [6.07, 6.45) is 0.542. The van der Waals surface area contributed by atoms with Crippen molar-refractivity contribution in [3.8, 4) is 5.75 Å². The van der Waals surface area contributed by atoms with Crippen LogP contribution in [-0.2, 0) is 0 Å². The fourth-order valence-electron chi connectivity index (χ4n) is 1.27. The van der Waals surface area contributed by atoms with Crippen LogP contribution in [0.2, 0.25) is 0 Å². The summed E-state index contributed by atoms with van der Waals surface area (Å²) in [5, 5.41) is 0. The van der Waals surface area contributed by atoms with Gasteiger partial charge in [0.05, 0.1) is 7.11 Å². The largest absolute Gasteiger partial charge is 0.497 e. The lowest BCUT2D eigenvalue weighted by Gasteiger charge is -2.08. The molecule has 0 aliphatic heterocycles. The molecule has 16 heavy (non-hydrogen) atoms. The number of halogens is 1.